The molecular formula is C30H28N4O. The lowest BCUT2D eigenvalue weighted by molar-refractivity contribution is 0.301. The average Bonchev–Trinajstić information content (AvgIpc) is 3.12. The SMILES string of the molecule is C1=NCN2CCCc3cc(OCc4ccc5ccccc5n4)ccc3C2=C1c1ccncc1.C=C. The number of pyridine rings is 2. The average molecular weight is 461 g/mol. The van der Waals surface area contributed by atoms with E-state index in [0.717, 1.165) is 52.9 Å². The van der Waals surface area contributed by atoms with E-state index in [1.54, 1.807) is 0 Å². The standard InChI is InChI=1S/C28H24N4O.C2H4/c1-2-6-27-21(4-1)7-8-23(31-27)18-33-24-9-10-25-22(16-24)5-3-15-32-19-30-17-26(28(25)32)20-11-13-29-14-12-20;1-2/h1-2,4,6-14,16-17H,3,5,15,18-19H2;1-2H2. The van der Waals surface area contributed by atoms with Crippen LogP contribution in [0.5, 0.6) is 5.75 Å². The number of aliphatic imine (C=N–C) groups is 1. The molecule has 0 saturated heterocycles. The molecule has 2 aliphatic rings. The second-order valence-corrected chi connectivity index (χ2v) is 8.42. The highest BCUT2D eigenvalue weighted by molar-refractivity contribution is 6.20. The number of nitrogens with zero attached hydrogens (tertiary/aromatic N) is 4. The monoisotopic (exact) mass is 460 g/mol. The van der Waals surface area contributed by atoms with Crippen LogP contribution in [0.3, 0.4) is 0 Å². The molecule has 2 aromatic carbocycles. The Balaban J connectivity index is 0.00000124. The Labute approximate surface area is 206 Å². The number of hydrogen-bond acceptors (Lipinski definition) is 5. The third-order valence-electron chi connectivity index (χ3n) is 6.28. The molecular weight excluding hydrogens is 432 g/mol. The molecule has 0 saturated carbocycles. The summed E-state index contributed by atoms with van der Waals surface area (Å²) in [6.07, 6.45) is 7.79. The van der Waals surface area contributed by atoms with E-state index in [1.807, 2.05) is 42.9 Å². The lowest BCUT2D eigenvalue weighted by Crippen LogP contribution is -2.26. The minimum Gasteiger partial charge on any atom is -0.487 e. The summed E-state index contributed by atoms with van der Waals surface area (Å²) in [5.41, 5.74) is 8.06. The lowest BCUT2D eigenvalue weighted by atomic mass is 9.95. The van der Waals surface area contributed by atoms with Crippen LogP contribution in [0.25, 0.3) is 22.2 Å². The number of aryl methyl sites for hydroxylation is 1. The third-order valence-corrected chi connectivity index (χ3v) is 6.28. The smallest absolute Gasteiger partial charge is 0.130 e. The van der Waals surface area contributed by atoms with Crippen molar-refractivity contribution >= 4 is 28.4 Å². The zero-order valence-corrected chi connectivity index (χ0v) is 19.7. The van der Waals surface area contributed by atoms with Gasteiger partial charge in [-0.05, 0) is 66.4 Å². The molecule has 0 atom stereocenters. The molecule has 6 rings (SSSR count). The van der Waals surface area contributed by atoms with Crippen molar-refractivity contribution < 1.29 is 4.74 Å². The van der Waals surface area contributed by atoms with E-state index in [4.69, 9.17) is 9.72 Å². The highest BCUT2D eigenvalue weighted by Gasteiger charge is 2.25. The Kier molecular flexibility index (Phi) is 6.66. The highest BCUT2D eigenvalue weighted by Crippen LogP contribution is 2.36. The summed E-state index contributed by atoms with van der Waals surface area (Å²) in [5.74, 6) is 0.882. The van der Waals surface area contributed by atoms with Gasteiger partial charge in [-0.1, -0.05) is 24.3 Å². The van der Waals surface area contributed by atoms with Crippen molar-refractivity contribution in [3.63, 3.8) is 0 Å². The molecule has 0 aliphatic carbocycles. The van der Waals surface area contributed by atoms with Gasteiger partial charge < -0.3 is 9.64 Å². The first-order chi connectivity index (χ1) is 17.3. The largest absolute Gasteiger partial charge is 0.487 e. The zero-order chi connectivity index (χ0) is 24.0. The number of aromatic nitrogens is 2. The Bertz CT molecular complexity index is 1390. The summed E-state index contributed by atoms with van der Waals surface area (Å²) in [7, 11) is 0. The molecule has 5 heteroatoms. The summed E-state index contributed by atoms with van der Waals surface area (Å²) >= 11 is 0. The molecule has 0 radical (unpaired) electrons. The molecule has 0 N–H and O–H groups in total. The lowest BCUT2D eigenvalue weighted by Gasteiger charge is -2.29. The first-order valence-electron chi connectivity index (χ1n) is 11.9. The van der Waals surface area contributed by atoms with Gasteiger partial charge in [0.25, 0.3) is 0 Å². The van der Waals surface area contributed by atoms with E-state index in [9.17, 15) is 0 Å². The summed E-state index contributed by atoms with van der Waals surface area (Å²) in [4.78, 5) is 15.9. The summed E-state index contributed by atoms with van der Waals surface area (Å²) in [6.45, 7) is 8.15. The van der Waals surface area contributed by atoms with Gasteiger partial charge >= 0.3 is 0 Å². The number of para-hydroxylation sites is 1. The van der Waals surface area contributed by atoms with Crippen LogP contribution >= 0.6 is 0 Å². The minimum atomic E-state index is 0.452. The highest BCUT2D eigenvalue weighted by atomic mass is 16.5. The van der Waals surface area contributed by atoms with Gasteiger partial charge in [0.2, 0.25) is 0 Å². The van der Waals surface area contributed by atoms with Crippen molar-refractivity contribution in [2.24, 2.45) is 4.99 Å². The number of hydrogen-bond donors (Lipinski definition) is 0. The maximum absolute atomic E-state index is 6.17. The molecule has 5 nitrogen and oxygen atoms in total. The van der Waals surface area contributed by atoms with E-state index >= 15 is 0 Å². The molecule has 0 bridgehead atoms. The number of rotatable bonds is 4. The quantitative estimate of drug-likeness (QED) is 0.342. The normalized spacial score (nSPS) is 14.5. The van der Waals surface area contributed by atoms with E-state index in [2.05, 4.69) is 70.5 Å². The first kappa shape index (κ1) is 22.5. The maximum Gasteiger partial charge on any atom is 0.130 e. The van der Waals surface area contributed by atoms with Gasteiger partial charge in [-0.15, -0.1) is 13.2 Å². The van der Waals surface area contributed by atoms with Crippen molar-refractivity contribution in [3.8, 4) is 5.75 Å². The van der Waals surface area contributed by atoms with Gasteiger partial charge in [-0.25, -0.2) is 4.98 Å². The van der Waals surface area contributed by atoms with Crippen molar-refractivity contribution in [2.45, 2.75) is 19.4 Å². The fraction of sp³-hybridized carbons (Fsp3) is 0.167. The maximum atomic E-state index is 6.17. The van der Waals surface area contributed by atoms with Crippen molar-refractivity contribution in [1.29, 1.82) is 0 Å². The fourth-order valence-electron chi connectivity index (χ4n) is 4.68. The minimum absolute atomic E-state index is 0.452. The van der Waals surface area contributed by atoms with Crippen LogP contribution in [0.1, 0.15) is 28.8 Å². The molecule has 2 aliphatic heterocycles. The second-order valence-electron chi connectivity index (χ2n) is 8.42. The van der Waals surface area contributed by atoms with Crippen LogP contribution < -0.4 is 4.74 Å². The first-order valence-corrected chi connectivity index (χ1v) is 11.9. The molecule has 35 heavy (non-hydrogen) atoms. The molecule has 0 spiro atoms. The van der Waals surface area contributed by atoms with Gasteiger partial charge in [0.15, 0.2) is 0 Å². The van der Waals surface area contributed by atoms with Crippen LogP contribution in [0.15, 0.2) is 97.3 Å². The Hall–Kier alpha value is -4.25. The van der Waals surface area contributed by atoms with Crippen LogP contribution in [-0.2, 0) is 13.0 Å². The number of fused-ring (bicyclic) bond motifs is 4. The summed E-state index contributed by atoms with van der Waals surface area (Å²) < 4.78 is 6.17. The van der Waals surface area contributed by atoms with Crippen molar-refractivity contribution in [1.82, 2.24) is 14.9 Å². The van der Waals surface area contributed by atoms with Crippen LogP contribution in [0.4, 0.5) is 0 Å². The zero-order valence-electron chi connectivity index (χ0n) is 19.7. The summed E-state index contributed by atoms with van der Waals surface area (Å²) in [6, 6.07) is 22.9. The van der Waals surface area contributed by atoms with Crippen molar-refractivity contribution in [2.75, 3.05) is 13.2 Å². The van der Waals surface area contributed by atoms with Crippen molar-refractivity contribution in [3.05, 3.63) is 115 Å². The molecule has 4 heterocycles. The molecule has 174 valence electrons. The van der Waals surface area contributed by atoms with Crippen LogP contribution in [-0.4, -0.2) is 34.3 Å². The van der Waals surface area contributed by atoms with Gasteiger partial charge in [0, 0.05) is 41.7 Å². The number of allylic oxidation sites excluding steroid dienone is 1. The van der Waals surface area contributed by atoms with E-state index < -0.39 is 0 Å². The predicted molar refractivity (Wildman–Crippen MR) is 143 cm³/mol. The van der Waals surface area contributed by atoms with Crippen LogP contribution in [0.2, 0.25) is 0 Å². The molecule has 0 unspecified atom stereocenters. The fourth-order valence-corrected chi connectivity index (χ4v) is 4.68. The van der Waals surface area contributed by atoms with Gasteiger partial charge in [-0.3, -0.25) is 9.98 Å². The van der Waals surface area contributed by atoms with E-state index in [-0.39, 0.29) is 0 Å². The number of ether oxygens (including phenoxy) is 1. The summed E-state index contributed by atoms with van der Waals surface area (Å²) in [5, 5.41) is 1.14. The molecule has 2 aromatic heterocycles. The second kappa shape index (κ2) is 10.3. The topological polar surface area (TPSA) is 50.6 Å². The Morgan fingerprint density at radius 1 is 0.943 bits per heavy atom. The Morgan fingerprint density at radius 3 is 2.69 bits per heavy atom. The van der Waals surface area contributed by atoms with Gasteiger partial charge in [-0.2, -0.15) is 0 Å². The van der Waals surface area contributed by atoms with E-state index in [1.165, 1.54) is 16.8 Å². The Morgan fingerprint density at radius 2 is 1.80 bits per heavy atom. The van der Waals surface area contributed by atoms with E-state index in [0.29, 0.717) is 13.3 Å². The molecule has 0 amide bonds. The molecule has 4 aromatic rings. The molecule has 0 fully saturated rings. The number of benzene rings is 2. The van der Waals surface area contributed by atoms with Crippen LogP contribution in [0, 0.1) is 0 Å². The third kappa shape index (κ3) is 4.71. The van der Waals surface area contributed by atoms with Gasteiger partial charge in [0.1, 0.15) is 19.0 Å². The van der Waals surface area contributed by atoms with Gasteiger partial charge in [0.05, 0.1) is 16.9 Å². The predicted octanol–water partition coefficient (Wildman–Crippen LogP) is 6.17.